The van der Waals surface area contributed by atoms with Crippen molar-refractivity contribution in [1.29, 1.82) is 0 Å². The summed E-state index contributed by atoms with van der Waals surface area (Å²) in [6.07, 6.45) is 1.26. The van der Waals surface area contributed by atoms with E-state index in [9.17, 15) is 9.59 Å². The van der Waals surface area contributed by atoms with Crippen LogP contribution < -0.4 is 11.5 Å². The summed E-state index contributed by atoms with van der Waals surface area (Å²) in [5.41, 5.74) is 10.5. The Morgan fingerprint density at radius 2 is 1.11 bits per heavy atom. The molecule has 2 atom stereocenters. The number of hydrogen-bond donors (Lipinski definition) is 2. The topological polar surface area (TPSA) is 105 Å². The molecule has 6 nitrogen and oxygen atoms in total. The smallest absolute Gasteiger partial charge is 0.322 e. The van der Waals surface area contributed by atoms with E-state index in [2.05, 4.69) is 9.47 Å². The normalized spacial score (nSPS) is 11.4. The lowest BCUT2D eigenvalue weighted by Crippen LogP contribution is -2.30. The van der Waals surface area contributed by atoms with Gasteiger partial charge in [0.05, 0.1) is 14.2 Å². The van der Waals surface area contributed by atoms with Crippen LogP contribution in [0.25, 0.3) is 0 Å². The van der Waals surface area contributed by atoms with E-state index < -0.39 is 12.1 Å². The summed E-state index contributed by atoms with van der Waals surface area (Å²) in [5.74, 6) is -0.681. The van der Waals surface area contributed by atoms with Crippen molar-refractivity contribution in [3.05, 3.63) is 0 Å². The highest BCUT2D eigenvalue weighted by Crippen LogP contribution is 1.87. The summed E-state index contributed by atoms with van der Waals surface area (Å²) < 4.78 is 8.68. The minimum absolute atomic E-state index is 0. The van der Waals surface area contributed by atoms with Gasteiger partial charge in [0.2, 0.25) is 0 Å². The highest BCUT2D eigenvalue weighted by Gasteiger charge is 2.09. The Morgan fingerprint density at radius 3 is 1.17 bits per heavy atom. The fourth-order valence-corrected chi connectivity index (χ4v) is 0.636. The molecule has 18 heavy (non-hydrogen) atoms. The monoisotopic (exact) mass is 306 g/mol. The summed E-state index contributed by atoms with van der Waals surface area (Å²) in [4.78, 5) is 20.8. The van der Waals surface area contributed by atoms with Crippen LogP contribution >= 0.6 is 24.8 Å². The molecule has 0 aliphatic carbocycles. The van der Waals surface area contributed by atoms with Crippen LogP contribution in [-0.4, -0.2) is 38.2 Å². The number of carbonyl (C=O) groups is 2. The van der Waals surface area contributed by atoms with E-state index in [1.165, 1.54) is 14.2 Å². The molecule has 0 heterocycles. The molecular weight excluding hydrogens is 283 g/mol. The SMILES string of the molecule is CC[C@H](N)C(=O)OC.CC[C@H](N)C(=O)OC.Cl.Cl. The number of ether oxygens (including phenoxy) is 2. The lowest BCUT2D eigenvalue weighted by molar-refractivity contribution is -0.143. The zero-order valence-corrected chi connectivity index (χ0v) is 12.8. The molecule has 0 bridgehead atoms. The van der Waals surface area contributed by atoms with Crippen LogP contribution in [0.1, 0.15) is 26.7 Å². The molecule has 0 radical (unpaired) electrons. The summed E-state index contributed by atoms with van der Waals surface area (Å²) >= 11 is 0. The Morgan fingerprint density at radius 1 is 0.889 bits per heavy atom. The minimum Gasteiger partial charge on any atom is -0.468 e. The van der Waals surface area contributed by atoms with Gasteiger partial charge in [-0.05, 0) is 12.8 Å². The van der Waals surface area contributed by atoms with Crippen molar-refractivity contribution in [2.75, 3.05) is 14.2 Å². The van der Waals surface area contributed by atoms with E-state index >= 15 is 0 Å². The van der Waals surface area contributed by atoms with Crippen LogP contribution in [-0.2, 0) is 19.1 Å². The zero-order valence-electron chi connectivity index (χ0n) is 11.2. The number of methoxy groups -OCH3 is 2. The van der Waals surface area contributed by atoms with Crippen molar-refractivity contribution in [3.8, 4) is 0 Å². The van der Waals surface area contributed by atoms with Crippen LogP contribution in [0.4, 0.5) is 0 Å². The van der Waals surface area contributed by atoms with Crippen LogP contribution in [0.5, 0.6) is 0 Å². The van der Waals surface area contributed by atoms with Gasteiger partial charge in [-0.3, -0.25) is 9.59 Å². The highest BCUT2D eigenvalue weighted by molar-refractivity contribution is 5.85. The second-order valence-corrected chi connectivity index (χ2v) is 3.08. The van der Waals surface area contributed by atoms with Gasteiger partial charge in [0.15, 0.2) is 0 Å². The van der Waals surface area contributed by atoms with E-state index in [0.717, 1.165) is 0 Å². The predicted octanol–water partition coefficient (Wildman–Crippen LogP) is 0.637. The van der Waals surface area contributed by atoms with Gasteiger partial charge >= 0.3 is 11.9 Å². The van der Waals surface area contributed by atoms with E-state index in [0.29, 0.717) is 12.8 Å². The molecule has 0 spiro atoms. The van der Waals surface area contributed by atoms with E-state index in [1.807, 2.05) is 13.8 Å². The highest BCUT2D eigenvalue weighted by atomic mass is 35.5. The quantitative estimate of drug-likeness (QED) is 0.738. The van der Waals surface area contributed by atoms with Gasteiger partial charge in [-0.25, -0.2) is 0 Å². The first-order valence-corrected chi connectivity index (χ1v) is 5.11. The molecule has 0 aliphatic rings. The first-order valence-electron chi connectivity index (χ1n) is 5.11. The van der Waals surface area contributed by atoms with E-state index in [1.54, 1.807) is 0 Å². The van der Waals surface area contributed by atoms with Crippen molar-refractivity contribution in [2.24, 2.45) is 11.5 Å². The van der Waals surface area contributed by atoms with Gasteiger partial charge in [0, 0.05) is 0 Å². The van der Waals surface area contributed by atoms with Gasteiger partial charge in [0.25, 0.3) is 0 Å². The van der Waals surface area contributed by atoms with Crippen LogP contribution in [0.15, 0.2) is 0 Å². The van der Waals surface area contributed by atoms with Crippen LogP contribution in [0.2, 0.25) is 0 Å². The Labute approximate surface area is 121 Å². The second kappa shape index (κ2) is 16.4. The lowest BCUT2D eigenvalue weighted by Gasteiger charge is -2.03. The third kappa shape index (κ3) is 13.5. The maximum Gasteiger partial charge on any atom is 0.322 e. The average Bonchev–Trinajstić information content (AvgIpc) is 2.35. The lowest BCUT2D eigenvalue weighted by atomic mass is 10.2. The van der Waals surface area contributed by atoms with Crippen molar-refractivity contribution >= 4 is 36.8 Å². The van der Waals surface area contributed by atoms with Gasteiger partial charge in [0.1, 0.15) is 12.1 Å². The Balaban J connectivity index is -0.0000000980. The third-order valence-electron chi connectivity index (χ3n) is 1.89. The van der Waals surface area contributed by atoms with E-state index in [4.69, 9.17) is 11.5 Å². The number of esters is 2. The van der Waals surface area contributed by atoms with Gasteiger partial charge in [-0.15, -0.1) is 24.8 Å². The van der Waals surface area contributed by atoms with Gasteiger partial charge < -0.3 is 20.9 Å². The standard InChI is InChI=1S/2C5H11NO2.2ClH/c2*1-3-4(6)5(7)8-2;;/h2*4H,3,6H2,1-2H3;2*1H/t2*4-;;/m00../s1. The van der Waals surface area contributed by atoms with Gasteiger partial charge in [-0.2, -0.15) is 0 Å². The molecule has 0 amide bonds. The predicted molar refractivity (Wildman–Crippen MR) is 75.1 cm³/mol. The first kappa shape index (κ1) is 26.1. The number of rotatable bonds is 4. The third-order valence-corrected chi connectivity index (χ3v) is 1.89. The average molecular weight is 307 g/mol. The van der Waals surface area contributed by atoms with Crippen LogP contribution in [0.3, 0.4) is 0 Å². The van der Waals surface area contributed by atoms with Crippen molar-refractivity contribution < 1.29 is 19.1 Å². The van der Waals surface area contributed by atoms with Crippen molar-refractivity contribution in [2.45, 2.75) is 38.8 Å². The summed E-state index contributed by atoms with van der Waals surface area (Å²) in [7, 11) is 2.66. The van der Waals surface area contributed by atoms with Crippen molar-refractivity contribution in [3.63, 3.8) is 0 Å². The maximum atomic E-state index is 10.4. The molecular formula is C10H24Cl2N2O4. The molecule has 0 aromatic carbocycles. The number of hydrogen-bond acceptors (Lipinski definition) is 6. The minimum atomic E-state index is -0.444. The zero-order chi connectivity index (χ0) is 13.1. The number of halogens is 2. The maximum absolute atomic E-state index is 10.4. The largest absolute Gasteiger partial charge is 0.468 e. The molecule has 0 saturated carbocycles. The fourth-order valence-electron chi connectivity index (χ4n) is 0.636. The molecule has 0 rings (SSSR count). The summed E-state index contributed by atoms with van der Waals surface area (Å²) in [6, 6.07) is -0.889. The molecule has 8 heteroatoms. The van der Waals surface area contributed by atoms with Crippen LogP contribution in [0, 0.1) is 0 Å². The molecule has 0 aliphatic heterocycles. The fraction of sp³-hybridized carbons (Fsp3) is 0.800. The second-order valence-electron chi connectivity index (χ2n) is 3.08. The van der Waals surface area contributed by atoms with Crippen molar-refractivity contribution in [1.82, 2.24) is 0 Å². The van der Waals surface area contributed by atoms with E-state index in [-0.39, 0.29) is 36.8 Å². The van der Waals surface area contributed by atoms with Gasteiger partial charge in [-0.1, -0.05) is 13.8 Å². The molecule has 112 valence electrons. The number of carbonyl (C=O) groups excluding carboxylic acids is 2. The summed E-state index contributed by atoms with van der Waals surface area (Å²) in [5, 5.41) is 0. The molecule has 4 N–H and O–H groups in total. The molecule has 0 unspecified atom stereocenters. The number of nitrogens with two attached hydrogens (primary N) is 2. The molecule has 0 fully saturated rings. The summed E-state index contributed by atoms with van der Waals surface area (Å²) in [6.45, 7) is 3.67. The Hall–Kier alpha value is -0.560. The first-order chi connectivity index (χ1) is 7.44. The molecule has 0 aromatic rings. The molecule has 0 aromatic heterocycles. The Kier molecular flexibility index (Phi) is 23.8. The Bertz CT molecular complexity index is 196. The molecule has 0 saturated heterocycles.